The third-order valence-corrected chi connectivity index (χ3v) is 3.69. The minimum Gasteiger partial charge on any atom is -0.375 e. The van der Waals surface area contributed by atoms with Crippen LogP contribution in [-0.4, -0.2) is 28.5 Å². The molecule has 78 valence electrons. The maximum absolute atomic E-state index is 5.95. The van der Waals surface area contributed by atoms with E-state index >= 15 is 0 Å². The molecule has 0 amide bonds. The van der Waals surface area contributed by atoms with Gasteiger partial charge in [-0.05, 0) is 13.3 Å². The Balaban J connectivity index is 1.98. The van der Waals surface area contributed by atoms with Crippen LogP contribution in [-0.2, 0) is 6.54 Å². The Morgan fingerprint density at radius 2 is 2.50 bits per heavy atom. The molecule has 1 aromatic heterocycles. The molecule has 1 aromatic rings. The van der Waals surface area contributed by atoms with Crippen molar-refractivity contribution in [2.75, 3.05) is 12.3 Å². The van der Waals surface area contributed by atoms with Crippen molar-refractivity contribution >= 4 is 16.5 Å². The second-order valence-electron chi connectivity index (χ2n) is 3.83. The summed E-state index contributed by atoms with van der Waals surface area (Å²) in [6.45, 7) is 4.20. The summed E-state index contributed by atoms with van der Waals surface area (Å²) in [6.07, 6.45) is 2.95. The Kier molecular flexibility index (Phi) is 2.71. The minimum absolute atomic E-state index is 0.320. The molecule has 2 atom stereocenters. The van der Waals surface area contributed by atoms with E-state index in [0.29, 0.717) is 17.2 Å². The molecule has 0 saturated carbocycles. The molecule has 0 aliphatic carbocycles. The lowest BCUT2D eigenvalue weighted by atomic mass is 10.2. The number of hydrogen-bond acceptors (Lipinski definition) is 5. The Hall–Kier alpha value is -0.650. The summed E-state index contributed by atoms with van der Waals surface area (Å²) in [4.78, 5) is 7.65. The van der Waals surface area contributed by atoms with Crippen LogP contribution in [0.3, 0.4) is 0 Å². The Morgan fingerprint density at radius 1 is 1.71 bits per heavy atom. The molecule has 2 unspecified atom stereocenters. The quantitative estimate of drug-likeness (QED) is 0.755. The number of anilines is 1. The number of nitrogens with two attached hydrogens (primary N) is 2. The normalized spacial score (nSPS) is 28.4. The van der Waals surface area contributed by atoms with Crippen LogP contribution in [0.4, 0.5) is 5.13 Å². The van der Waals surface area contributed by atoms with Gasteiger partial charge in [0.2, 0.25) is 0 Å². The Morgan fingerprint density at radius 3 is 3.00 bits per heavy atom. The van der Waals surface area contributed by atoms with Crippen LogP contribution >= 0.6 is 11.3 Å². The molecule has 0 bridgehead atoms. The predicted octanol–water partition coefficient (Wildman–Crippen LogP) is 0.647. The fourth-order valence-electron chi connectivity index (χ4n) is 1.85. The number of likely N-dealkylation sites (tertiary alicyclic amines) is 1. The van der Waals surface area contributed by atoms with Crippen molar-refractivity contribution in [3.05, 3.63) is 11.1 Å². The molecule has 1 saturated heterocycles. The molecule has 4 N–H and O–H groups in total. The molecule has 2 heterocycles. The lowest BCUT2D eigenvalue weighted by Gasteiger charge is -2.21. The van der Waals surface area contributed by atoms with E-state index < -0.39 is 0 Å². The van der Waals surface area contributed by atoms with E-state index in [1.165, 1.54) is 4.88 Å². The highest BCUT2D eigenvalue weighted by Gasteiger charge is 2.27. The maximum Gasteiger partial charge on any atom is 0.180 e. The molecular formula is C9H16N4S. The van der Waals surface area contributed by atoms with Gasteiger partial charge in [0, 0.05) is 36.2 Å². The van der Waals surface area contributed by atoms with E-state index in [-0.39, 0.29) is 0 Å². The number of nitrogen functional groups attached to an aromatic ring is 1. The maximum atomic E-state index is 5.95. The molecule has 1 aliphatic rings. The molecule has 5 heteroatoms. The van der Waals surface area contributed by atoms with Crippen LogP contribution in [0.5, 0.6) is 0 Å². The lowest BCUT2D eigenvalue weighted by Crippen LogP contribution is -2.36. The fourth-order valence-corrected chi connectivity index (χ4v) is 2.56. The minimum atomic E-state index is 0.320. The number of thiazole rings is 1. The van der Waals surface area contributed by atoms with Crippen molar-refractivity contribution in [2.24, 2.45) is 5.73 Å². The van der Waals surface area contributed by atoms with Gasteiger partial charge in [0.25, 0.3) is 0 Å². The van der Waals surface area contributed by atoms with Crippen LogP contribution < -0.4 is 11.5 Å². The topological polar surface area (TPSA) is 68.2 Å². The number of nitrogens with zero attached hydrogens (tertiary/aromatic N) is 2. The first-order valence-corrected chi connectivity index (χ1v) is 5.68. The van der Waals surface area contributed by atoms with Crippen LogP contribution in [0.15, 0.2) is 6.20 Å². The summed E-state index contributed by atoms with van der Waals surface area (Å²) in [6, 6.07) is 0.790. The zero-order valence-corrected chi connectivity index (χ0v) is 9.13. The van der Waals surface area contributed by atoms with E-state index in [9.17, 15) is 0 Å². The molecule has 2 rings (SSSR count). The van der Waals surface area contributed by atoms with Gasteiger partial charge in [-0.15, -0.1) is 11.3 Å². The SMILES string of the molecule is CC1C(N)CCN1Cc1cnc(N)s1. The summed E-state index contributed by atoms with van der Waals surface area (Å²) in [7, 11) is 0. The molecule has 0 aromatic carbocycles. The molecule has 0 spiro atoms. The average molecular weight is 212 g/mol. The van der Waals surface area contributed by atoms with E-state index in [1.807, 2.05) is 6.20 Å². The van der Waals surface area contributed by atoms with Gasteiger partial charge in [-0.1, -0.05) is 0 Å². The van der Waals surface area contributed by atoms with Crippen LogP contribution in [0.2, 0.25) is 0 Å². The molecule has 14 heavy (non-hydrogen) atoms. The van der Waals surface area contributed by atoms with Gasteiger partial charge in [0.1, 0.15) is 0 Å². The number of hydrogen-bond donors (Lipinski definition) is 2. The first-order chi connectivity index (χ1) is 6.66. The fraction of sp³-hybridized carbons (Fsp3) is 0.667. The highest BCUT2D eigenvalue weighted by molar-refractivity contribution is 7.15. The van der Waals surface area contributed by atoms with Crippen LogP contribution in [0, 0.1) is 0 Å². The first kappa shape index (κ1) is 9.89. The zero-order chi connectivity index (χ0) is 10.1. The number of aromatic nitrogens is 1. The van der Waals surface area contributed by atoms with Crippen molar-refractivity contribution < 1.29 is 0 Å². The molecule has 1 fully saturated rings. The van der Waals surface area contributed by atoms with E-state index in [4.69, 9.17) is 11.5 Å². The van der Waals surface area contributed by atoms with E-state index in [1.54, 1.807) is 11.3 Å². The van der Waals surface area contributed by atoms with Gasteiger partial charge in [-0.2, -0.15) is 0 Å². The zero-order valence-electron chi connectivity index (χ0n) is 8.31. The van der Waals surface area contributed by atoms with Crippen LogP contribution in [0.1, 0.15) is 18.2 Å². The van der Waals surface area contributed by atoms with E-state index in [2.05, 4.69) is 16.8 Å². The Labute approximate surface area is 87.9 Å². The predicted molar refractivity (Wildman–Crippen MR) is 59.0 cm³/mol. The molecule has 1 aliphatic heterocycles. The Bertz CT molecular complexity index is 312. The van der Waals surface area contributed by atoms with Crippen molar-refractivity contribution in [1.82, 2.24) is 9.88 Å². The smallest absolute Gasteiger partial charge is 0.180 e. The first-order valence-electron chi connectivity index (χ1n) is 4.86. The van der Waals surface area contributed by atoms with Crippen LogP contribution in [0.25, 0.3) is 0 Å². The van der Waals surface area contributed by atoms with Gasteiger partial charge >= 0.3 is 0 Å². The largest absolute Gasteiger partial charge is 0.375 e. The lowest BCUT2D eigenvalue weighted by molar-refractivity contribution is 0.254. The summed E-state index contributed by atoms with van der Waals surface area (Å²) in [5, 5.41) is 0.649. The van der Waals surface area contributed by atoms with Gasteiger partial charge in [-0.25, -0.2) is 4.98 Å². The summed E-state index contributed by atoms with van der Waals surface area (Å²) < 4.78 is 0. The summed E-state index contributed by atoms with van der Waals surface area (Å²) in [5.41, 5.74) is 11.5. The van der Waals surface area contributed by atoms with Crippen molar-refractivity contribution in [3.63, 3.8) is 0 Å². The average Bonchev–Trinajstić information content (AvgIpc) is 2.67. The third kappa shape index (κ3) is 1.89. The third-order valence-electron chi connectivity index (χ3n) is 2.88. The second-order valence-corrected chi connectivity index (χ2v) is 4.98. The second kappa shape index (κ2) is 3.84. The standard InChI is InChI=1S/C9H16N4S/c1-6-8(10)2-3-13(6)5-7-4-12-9(11)14-7/h4,6,8H,2-3,5,10H2,1H3,(H2,11,12). The summed E-state index contributed by atoms with van der Waals surface area (Å²) >= 11 is 1.56. The molecule has 0 radical (unpaired) electrons. The monoisotopic (exact) mass is 212 g/mol. The van der Waals surface area contributed by atoms with Crippen molar-refractivity contribution in [2.45, 2.75) is 32.0 Å². The van der Waals surface area contributed by atoms with Gasteiger partial charge in [0.05, 0.1) is 0 Å². The number of rotatable bonds is 2. The highest BCUT2D eigenvalue weighted by Crippen LogP contribution is 2.22. The van der Waals surface area contributed by atoms with E-state index in [0.717, 1.165) is 19.5 Å². The van der Waals surface area contributed by atoms with Gasteiger partial charge in [-0.3, -0.25) is 4.90 Å². The summed E-state index contributed by atoms with van der Waals surface area (Å²) in [5.74, 6) is 0. The van der Waals surface area contributed by atoms with Crippen molar-refractivity contribution in [3.8, 4) is 0 Å². The van der Waals surface area contributed by atoms with Crippen molar-refractivity contribution in [1.29, 1.82) is 0 Å². The van der Waals surface area contributed by atoms with Gasteiger partial charge in [0.15, 0.2) is 5.13 Å². The van der Waals surface area contributed by atoms with Gasteiger partial charge < -0.3 is 11.5 Å². The molecular weight excluding hydrogens is 196 g/mol. The molecule has 4 nitrogen and oxygen atoms in total. The highest BCUT2D eigenvalue weighted by atomic mass is 32.1.